The van der Waals surface area contributed by atoms with Crippen LogP contribution in [0.15, 0.2) is 24.3 Å². The first-order chi connectivity index (χ1) is 9.06. The maximum absolute atomic E-state index is 8.45. The van der Waals surface area contributed by atoms with Crippen molar-refractivity contribution in [2.24, 2.45) is 0 Å². The van der Waals surface area contributed by atoms with Gasteiger partial charge in [0, 0.05) is 21.9 Å². The van der Waals surface area contributed by atoms with Crippen LogP contribution in [0, 0.1) is 6.92 Å². The first kappa shape index (κ1) is 14.4. The topological polar surface area (TPSA) is 65.8 Å². The average Bonchev–Trinajstić information content (AvgIpc) is 2.71. The number of thiazole rings is 1. The molecule has 0 atom stereocenters. The number of halogens is 1. The Balaban J connectivity index is 2.09. The third-order valence-electron chi connectivity index (χ3n) is 2.52. The second-order valence-electron chi connectivity index (χ2n) is 3.87. The Morgan fingerprint density at radius 1 is 1.32 bits per heavy atom. The summed E-state index contributed by atoms with van der Waals surface area (Å²) < 4.78 is 0. The summed E-state index contributed by atoms with van der Waals surface area (Å²) in [5, 5.41) is 18.2. The Hall–Kier alpha value is -1.02. The second-order valence-corrected chi connectivity index (χ2v) is 5.39. The summed E-state index contributed by atoms with van der Waals surface area (Å²) in [6.45, 7) is 2.09. The molecule has 1 aromatic heterocycles. The van der Waals surface area contributed by atoms with Gasteiger partial charge in [-0.3, -0.25) is 15.3 Å². The van der Waals surface area contributed by atoms with Gasteiger partial charge in [0.15, 0.2) is 0 Å². The number of rotatable bonds is 5. The lowest BCUT2D eigenvalue weighted by Gasteiger charge is -2.04. The summed E-state index contributed by atoms with van der Waals surface area (Å²) >= 11 is 7.40. The molecule has 102 valence electrons. The van der Waals surface area contributed by atoms with Crippen LogP contribution in [0.5, 0.6) is 0 Å². The van der Waals surface area contributed by atoms with Crippen LogP contribution in [0.3, 0.4) is 0 Å². The number of hydrogen-bond donors (Lipinski definition) is 2. The van der Waals surface area contributed by atoms with E-state index in [0.29, 0.717) is 11.4 Å². The van der Waals surface area contributed by atoms with Crippen molar-refractivity contribution in [1.29, 1.82) is 0 Å². The Morgan fingerprint density at radius 2 is 2.00 bits per heavy atom. The molecular weight excluding hydrogens is 288 g/mol. The van der Waals surface area contributed by atoms with Crippen LogP contribution in [-0.4, -0.2) is 27.4 Å². The number of aryl methyl sites for hydroxylation is 1. The summed E-state index contributed by atoms with van der Waals surface area (Å²) in [6.07, 6.45) is 0.564. The van der Waals surface area contributed by atoms with Crippen molar-refractivity contribution in [3.8, 4) is 10.6 Å². The van der Waals surface area contributed by atoms with E-state index in [1.54, 1.807) is 11.3 Å². The summed E-state index contributed by atoms with van der Waals surface area (Å²) in [5.74, 6) is 0. The third-order valence-corrected chi connectivity index (χ3v) is 4.04. The van der Waals surface area contributed by atoms with Gasteiger partial charge in [0.25, 0.3) is 0 Å². The molecule has 0 aliphatic heterocycles. The van der Waals surface area contributed by atoms with Gasteiger partial charge in [0.1, 0.15) is 5.01 Å². The van der Waals surface area contributed by atoms with E-state index in [2.05, 4.69) is 9.82 Å². The molecule has 0 amide bonds. The van der Waals surface area contributed by atoms with Crippen molar-refractivity contribution in [3.05, 3.63) is 39.9 Å². The molecule has 0 aliphatic rings. The minimum Gasteiger partial charge on any atom is -0.266 e. The summed E-state index contributed by atoms with van der Waals surface area (Å²) in [4.78, 5) is 10.1. The molecule has 2 rings (SSSR count). The molecule has 1 aromatic carbocycles. The quantitative estimate of drug-likeness (QED) is 0.829. The highest BCUT2D eigenvalue weighted by atomic mass is 35.5. The molecule has 7 heteroatoms. The van der Waals surface area contributed by atoms with Gasteiger partial charge in [0.2, 0.25) is 0 Å². The van der Waals surface area contributed by atoms with E-state index in [1.807, 2.05) is 31.2 Å². The van der Waals surface area contributed by atoms with E-state index in [1.165, 1.54) is 0 Å². The Morgan fingerprint density at radius 3 is 2.63 bits per heavy atom. The molecule has 2 N–H and O–H groups in total. The van der Waals surface area contributed by atoms with Gasteiger partial charge in [0.05, 0.1) is 17.7 Å². The first-order valence-corrected chi connectivity index (χ1v) is 6.79. The smallest absolute Gasteiger partial charge is 0.123 e. The van der Waals surface area contributed by atoms with E-state index >= 15 is 0 Å². The highest BCUT2D eigenvalue weighted by molar-refractivity contribution is 7.15. The van der Waals surface area contributed by atoms with Crippen molar-refractivity contribution in [1.82, 2.24) is 10.4 Å². The molecule has 19 heavy (non-hydrogen) atoms. The van der Waals surface area contributed by atoms with Crippen molar-refractivity contribution in [2.75, 3.05) is 6.61 Å². The number of hydrogen-bond acceptors (Lipinski definition) is 6. The van der Waals surface area contributed by atoms with Crippen LogP contribution in [0.25, 0.3) is 10.6 Å². The summed E-state index contributed by atoms with van der Waals surface area (Å²) in [7, 11) is 0. The molecule has 2 aromatic rings. The molecule has 0 unspecified atom stereocenters. The first-order valence-electron chi connectivity index (χ1n) is 5.59. The fourth-order valence-electron chi connectivity index (χ4n) is 1.60. The molecule has 0 spiro atoms. The number of benzene rings is 1. The molecule has 0 fully saturated rings. The van der Waals surface area contributed by atoms with E-state index in [0.717, 1.165) is 21.1 Å². The van der Waals surface area contributed by atoms with Crippen LogP contribution < -0.4 is 0 Å². The number of nitrogens with zero attached hydrogens (tertiary/aromatic N) is 2. The van der Waals surface area contributed by atoms with E-state index < -0.39 is 0 Å². The minimum atomic E-state index is -0.281. The SMILES string of the molecule is Cc1nc(-c2ccc(Cl)cc2)sc1CCON(O)O. The lowest BCUT2D eigenvalue weighted by atomic mass is 10.2. The van der Waals surface area contributed by atoms with Crippen LogP contribution in [0.4, 0.5) is 0 Å². The van der Waals surface area contributed by atoms with Crippen LogP contribution in [-0.2, 0) is 11.3 Å². The Bertz CT molecular complexity index is 542. The zero-order chi connectivity index (χ0) is 13.8. The van der Waals surface area contributed by atoms with Crippen LogP contribution in [0.2, 0.25) is 5.02 Å². The molecule has 5 nitrogen and oxygen atoms in total. The highest BCUT2D eigenvalue weighted by Crippen LogP contribution is 2.29. The molecule has 0 saturated heterocycles. The van der Waals surface area contributed by atoms with E-state index in [9.17, 15) is 0 Å². The van der Waals surface area contributed by atoms with Gasteiger partial charge in [-0.1, -0.05) is 23.7 Å². The standard InChI is InChI=1S/C12H13ClN2O3S/c1-8-11(6-7-18-15(16)17)19-12(14-8)9-2-4-10(13)5-3-9/h2-5,16-17H,6-7H2,1H3. The largest absolute Gasteiger partial charge is 0.266 e. The van der Waals surface area contributed by atoms with E-state index in [4.69, 9.17) is 22.0 Å². The Kier molecular flexibility index (Phi) is 4.87. The molecule has 0 saturated carbocycles. The maximum Gasteiger partial charge on any atom is 0.123 e. The Labute approximate surface area is 119 Å². The van der Waals surface area contributed by atoms with Crippen molar-refractivity contribution in [2.45, 2.75) is 13.3 Å². The number of aromatic nitrogens is 1. The highest BCUT2D eigenvalue weighted by Gasteiger charge is 2.10. The van der Waals surface area contributed by atoms with Gasteiger partial charge in [-0.2, -0.15) is 0 Å². The second kappa shape index (κ2) is 6.42. The van der Waals surface area contributed by atoms with Gasteiger partial charge in [-0.15, -0.1) is 11.3 Å². The van der Waals surface area contributed by atoms with Crippen molar-refractivity contribution >= 4 is 22.9 Å². The average molecular weight is 301 g/mol. The van der Waals surface area contributed by atoms with Crippen molar-refractivity contribution < 1.29 is 15.3 Å². The molecule has 0 aliphatic carbocycles. The lowest BCUT2D eigenvalue weighted by Crippen LogP contribution is -2.16. The van der Waals surface area contributed by atoms with Gasteiger partial charge >= 0.3 is 0 Å². The zero-order valence-corrected chi connectivity index (χ0v) is 11.8. The molecular formula is C12H13ClN2O3S. The third kappa shape index (κ3) is 3.97. The van der Waals surface area contributed by atoms with Crippen LogP contribution >= 0.6 is 22.9 Å². The maximum atomic E-state index is 8.45. The minimum absolute atomic E-state index is 0.177. The molecule has 1 heterocycles. The normalized spacial score (nSPS) is 11.2. The van der Waals surface area contributed by atoms with Gasteiger partial charge in [-0.05, 0) is 19.1 Å². The van der Waals surface area contributed by atoms with Crippen LogP contribution in [0.1, 0.15) is 10.6 Å². The zero-order valence-electron chi connectivity index (χ0n) is 10.2. The summed E-state index contributed by atoms with van der Waals surface area (Å²) in [6, 6.07) is 7.49. The van der Waals surface area contributed by atoms with Gasteiger partial charge < -0.3 is 0 Å². The van der Waals surface area contributed by atoms with Crippen molar-refractivity contribution in [3.63, 3.8) is 0 Å². The predicted molar refractivity (Wildman–Crippen MR) is 72.4 cm³/mol. The molecule has 0 bridgehead atoms. The lowest BCUT2D eigenvalue weighted by molar-refractivity contribution is -0.492. The molecule has 0 radical (unpaired) electrons. The summed E-state index contributed by atoms with van der Waals surface area (Å²) in [5.41, 5.74) is 1.93. The fourth-order valence-corrected chi connectivity index (χ4v) is 2.77. The monoisotopic (exact) mass is 300 g/mol. The fraction of sp³-hybridized carbons (Fsp3) is 0.250. The van der Waals surface area contributed by atoms with Gasteiger partial charge in [-0.25, -0.2) is 4.98 Å². The van der Waals surface area contributed by atoms with E-state index in [-0.39, 0.29) is 12.0 Å². The predicted octanol–water partition coefficient (Wildman–Crippen LogP) is 3.33.